The predicted octanol–water partition coefficient (Wildman–Crippen LogP) is 5.44. The molecule has 0 saturated heterocycles. The first-order chi connectivity index (χ1) is 11.9. The summed E-state index contributed by atoms with van der Waals surface area (Å²) in [5.41, 5.74) is 0.887. The largest absolute Gasteiger partial charge is 0.303 e. The van der Waals surface area contributed by atoms with Crippen LogP contribution in [0.15, 0.2) is 0 Å². The third-order valence-electron chi connectivity index (χ3n) is 9.63. The number of Topliss-reactive ketones (excluding diaryl/α,β-unsaturated/α-hetero) is 1. The van der Waals surface area contributed by atoms with Crippen LogP contribution in [-0.2, 0) is 9.59 Å². The second-order valence-corrected chi connectivity index (χ2v) is 10.6. The Kier molecular flexibility index (Phi) is 4.40. The zero-order valence-electron chi connectivity index (χ0n) is 16.4. The Balaban J connectivity index is 1.56. The zero-order valence-corrected chi connectivity index (χ0v) is 16.4. The van der Waals surface area contributed by atoms with Crippen molar-refractivity contribution >= 4 is 12.1 Å². The normalized spacial score (nSPS) is 52.0. The van der Waals surface area contributed by atoms with Crippen molar-refractivity contribution in [1.82, 2.24) is 0 Å². The SMILES string of the molecule is CC(=O)CC1CC[C@H]2[C@@H]3CCC4CC(C=O)CC[C@]4(C)[C@H]3CC[C@]12C. The van der Waals surface area contributed by atoms with E-state index in [1.807, 2.05) is 0 Å². The first-order valence-corrected chi connectivity index (χ1v) is 10.8. The van der Waals surface area contributed by atoms with E-state index in [0.717, 1.165) is 42.9 Å². The summed E-state index contributed by atoms with van der Waals surface area (Å²) in [6.45, 7) is 6.87. The van der Waals surface area contributed by atoms with E-state index in [9.17, 15) is 9.59 Å². The first kappa shape index (κ1) is 17.7. The molecule has 2 nitrogen and oxygen atoms in total. The van der Waals surface area contributed by atoms with Crippen LogP contribution < -0.4 is 0 Å². The van der Waals surface area contributed by atoms with Crippen LogP contribution in [0.1, 0.15) is 85.0 Å². The fraction of sp³-hybridized carbons (Fsp3) is 0.913. The van der Waals surface area contributed by atoms with Gasteiger partial charge in [0.1, 0.15) is 12.1 Å². The van der Waals surface area contributed by atoms with E-state index >= 15 is 0 Å². The van der Waals surface area contributed by atoms with Gasteiger partial charge in [-0.25, -0.2) is 0 Å². The monoisotopic (exact) mass is 344 g/mol. The Hall–Kier alpha value is -0.660. The minimum absolute atomic E-state index is 0.329. The lowest BCUT2D eigenvalue weighted by atomic mass is 9.44. The molecule has 0 spiro atoms. The molecule has 4 rings (SSSR count). The average molecular weight is 345 g/mol. The number of hydrogen-bond acceptors (Lipinski definition) is 2. The van der Waals surface area contributed by atoms with Gasteiger partial charge in [0.25, 0.3) is 0 Å². The van der Waals surface area contributed by atoms with Crippen molar-refractivity contribution in [3.63, 3.8) is 0 Å². The predicted molar refractivity (Wildman–Crippen MR) is 100 cm³/mol. The summed E-state index contributed by atoms with van der Waals surface area (Å²) in [7, 11) is 0. The van der Waals surface area contributed by atoms with Gasteiger partial charge in [0.15, 0.2) is 0 Å². The third-order valence-corrected chi connectivity index (χ3v) is 9.63. The Bertz CT molecular complexity index is 554. The molecule has 0 aromatic heterocycles. The Morgan fingerprint density at radius 2 is 1.68 bits per heavy atom. The minimum Gasteiger partial charge on any atom is -0.303 e. The van der Waals surface area contributed by atoms with E-state index in [1.54, 1.807) is 6.92 Å². The highest BCUT2D eigenvalue weighted by Crippen LogP contribution is 2.68. The van der Waals surface area contributed by atoms with E-state index in [-0.39, 0.29) is 0 Å². The van der Waals surface area contributed by atoms with Gasteiger partial charge >= 0.3 is 0 Å². The maximum atomic E-state index is 11.8. The number of hydrogen-bond donors (Lipinski definition) is 0. The van der Waals surface area contributed by atoms with Gasteiger partial charge in [-0.15, -0.1) is 0 Å². The highest BCUT2D eigenvalue weighted by molar-refractivity contribution is 5.75. The number of aldehydes is 1. The van der Waals surface area contributed by atoms with E-state index in [2.05, 4.69) is 13.8 Å². The third kappa shape index (κ3) is 2.65. The van der Waals surface area contributed by atoms with Crippen LogP contribution in [0.3, 0.4) is 0 Å². The van der Waals surface area contributed by atoms with Crippen molar-refractivity contribution in [2.75, 3.05) is 0 Å². The Labute approximate surface area is 153 Å². The number of fused-ring (bicyclic) bond motifs is 5. The maximum Gasteiger partial charge on any atom is 0.130 e. The Morgan fingerprint density at radius 1 is 0.960 bits per heavy atom. The van der Waals surface area contributed by atoms with E-state index < -0.39 is 0 Å². The highest BCUT2D eigenvalue weighted by atomic mass is 16.1. The lowest BCUT2D eigenvalue weighted by Crippen LogP contribution is -2.53. The van der Waals surface area contributed by atoms with Crippen LogP contribution in [-0.4, -0.2) is 12.1 Å². The molecule has 0 aromatic carbocycles. The summed E-state index contributed by atoms with van der Waals surface area (Å²) in [5.74, 6) is 4.71. The minimum atomic E-state index is 0.329. The quantitative estimate of drug-likeness (QED) is 0.639. The molecule has 25 heavy (non-hydrogen) atoms. The first-order valence-electron chi connectivity index (χ1n) is 10.8. The molecule has 0 aliphatic heterocycles. The smallest absolute Gasteiger partial charge is 0.130 e. The number of ketones is 1. The van der Waals surface area contributed by atoms with Crippen LogP contribution in [0.2, 0.25) is 0 Å². The van der Waals surface area contributed by atoms with Gasteiger partial charge in [0.05, 0.1) is 0 Å². The summed E-state index contributed by atoms with van der Waals surface area (Å²) in [5, 5.41) is 0. The summed E-state index contributed by atoms with van der Waals surface area (Å²) >= 11 is 0. The fourth-order valence-corrected chi connectivity index (χ4v) is 8.21. The van der Waals surface area contributed by atoms with Gasteiger partial charge in [-0.3, -0.25) is 0 Å². The van der Waals surface area contributed by atoms with Crippen molar-refractivity contribution in [2.24, 2.45) is 46.3 Å². The molecular weight excluding hydrogens is 308 g/mol. The molecule has 4 saturated carbocycles. The molecule has 4 fully saturated rings. The molecule has 0 aromatic rings. The van der Waals surface area contributed by atoms with E-state index in [0.29, 0.717) is 28.4 Å². The molecule has 140 valence electrons. The molecule has 8 atom stereocenters. The molecule has 0 radical (unpaired) electrons. The lowest BCUT2D eigenvalue weighted by Gasteiger charge is -2.61. The van der Waals surface area contributed by atoms with Crippen molar-refractivity contribution in [2.45, 2.75) is 85.0 Å². The fourth-order valence-electron chi connectivity index (χ4n) is 8.21. The topological polar surface area (TPSA) is 34.1 Å². The molecule has 0 N–H and O–H groups in total. The van der Waals surface area contributed by atoms with Crippen LogP contribution in [0.4, 0.5) is 0 Å². The summed E-state index contributed by atoms with van der Waals surface area (Å²) < 4.78 is 0. The zero-order chi connectivity index (χ0) is 17.8. The second-order valence-electron chi connectivity index (χ2n) is 10.6. The van der Waals surface area contributed by atoms with Crippen LogP contribution in [0, 0.1) is 46.3 Å². The molecule has 0 heterocycles. The van der Waals surface area contributed by atoms with Crippen molar-refractivity contribution in [3.05, 3.63) is 0 Å². The molecule has 0 bridgehead atoms. The van der Waals surface area contributed by atoms with Crippen LogP contribution in [0.5, 0.6) is 0 Å². The molecule has 4 aliphatic carbocycles. The van der Waals surface area contributed by atoms with Gasteiger partial charge in [0.2, 0.25) is 0 Å². The van der Waals surface area contributed by atoms with E-state index in [4.69, 9.17) is 0 Å². The molecule has 3 unspecified atom stereocenters. The summed E-state index contributed by atoms with van der Waals surface area (Å²) in [4.78, 5) is 23.1. The van der Waals surface area contributed by atoms with Gasteiger partial charge in [-0.2, -0.15) is 0 Å². The van der Waals surface area contributed by atoms with Gasteiger partial charge in [-0.1, -0.05) is 13.8 Å². The number of carbonyl (C=O) groups excluding carboxylic acids is 2. The van der Waals surface area contributed by atoms with Crippen molar-refractivity contribution < 1.29 is 9.59 Å². The summed E-state index contributed by atoms with van der Waals surface area (Å²) in [6, 6.07) is 0. The average Bonchev–Trinajstić information content (AvgIpc) is 2.90. The van der Waals surface area contributed by atoms with Crippen molar-refractivity contribution in [3.8, 4) is 0 Å². The van der Waals surface area contributed by atoms with Gasteiger partial charge in [0, 0.05) is 12.3 Å². The van der Waals surface area contributed by atoms with Crippen LogP contribution >= 0.6 is 0 Å². The molecule has 0 amide bonds. The van der Waals surface area contributed by atoms with Crippen molar-refractivity contribution in [1.29, 1.82) is 0 Å². The Morgan fingerprint density at radius 3 is 2.40 bits per heavy atom. The second kappa shape index (κ2) is 6.20. The maximum absolute atomic E-state index is 11.8. The van der Waals surface area contributed by atoms with Crippen LogP contribution in [0.25, 0.3) is 0 Å². The standard InChI is InChI=1S/C23H36O2/c1-15(25)12-17-5-7-20-19-6-4-18-13-16(14-24)8-10-22(18,2)21(19)9-11-23(17,20)3/h14,16-21H,4-13H2,1-3H3/t16?,17?,18?,19-,20-,21-,22-,23+/m0/s1. The molecule has 4 aliphatic rings. The van der Waals surface area contributed by atoms with Gasteiger partial charge in [-0.05, 0) is 105 Å². The van der Waals surface area contributed by atoms with E-state index in [1.165, 1.54) is 51.2 Å². The number of carbonyl (C=O) groups is 2. The molecule has 2 heteroatoms. The molecular formula is C23H36O2. The summed E-state index contributed by atoms with van der Waals surface area (Å²) in [6.07, 6.45) is 13.6. The van der Waals surface area contributed by atoms with Gasteiger partial charge < -0.3 is 9.59 Å². The highest BCUT2D eigenvalue weighted by Gasteiger charge is 2.60. The lowest BCUT2D eigenvalue weighted by molar-refractivity contribution is -0.131. The number of rotatable bonds is 3.